The van der Waals surface area contributed by atoms with Crippen LogP contribution in [0.2, 0.25) is 0 Å². The smallest absolute Gasteiger partial charge is 0.326 e. The average Bonchev–Trinajstić information content (AvgIpc) is 3.18. The topological polar surface area (TPSA) is 230 Å². The molecule has 10 N–H and O–H groups in total. The minimum atomic E-state index is -1.57. The van der Waals surface area contributed by atoms with Gasteiger partial charge in [-0.25, -0.2) is 4.79 Å². The van der Waals surface area contributed by atoms with Crippen molar-refractivity contribution in [2.45, 2.75) is 43.9 Å². The van der Waals surface area contributed by atoms with Gasteiger partial charge in [0.2, 0.25) is 23.6 Å². The first-order chi connectivity index (χ1) is 16.0. The van der Waals surface area contributed by atoms with Gasteiger partial charge < -0.3 is 42.6 Å². The maximum atomic E-state index is 12.5. The number of hydrogen-bond donors (Lipinski definition) is 8. The van der Waals surface area contributed by atoms with Crippen molar-refractivity contribution in [3.05, 3.63) is 36.0 Å². The van der Waals surface area contributed by atoms with Crippen molar-refractivity contribution in [1.82, 2.24) is 20.9 Å². The monoisotopic (exact) mass is 476 g/mol. The van der Waals surface area contributed by atoms with E-state index in [-0.39, 0.29) is 6.42 Å². The molecule has 1 heterocycles. The van der Waals surface area contributed by atoms with Crippen LogP contribution in [0.5, 0.6) is 0 Å². The lowest BCUT2D eigenvalue weighted by Gasteiger charge is -2.22. The summed E-state index contributed by atoms with van der Waals surface area (Å²) >= 11 is 0. The Labute approximate surface area is 194 Å². The van der Waals surface area contributed by atoms with Crippen molar-refractivity contribution in [3.8, 4) is 0 Å². The first kappa shape index (κ1) is 26.3. The Morgan fingerprint density at radius 1 is 1.00 bits per heavy atom. The highest BCUT2D eigenvalue weighted by Gasteiger charge is 2.28. The molecule has 0 aliphatic carbocycles. The van der Waals surface area contributed by atoms with Gasteiger partial charge in [0.15, 0.2) is 0 Å². The number of carboxylic acids is 1. The summed E-state index contributed by atoms with van der Waals surface area (Å²) in [6, 6.07) is 2.22. The summed E-state index contributed by atoms with van der Waals surface area (Å²) in [5, 5.41) is 26.2. The molecular weight excluding hydrogens is 448 g/mol. The van der Waals surface area contributed by atoms with Crippen LogP contribution in [0.3, 0.4) is 0 Å². The molecule has 1 aromatic heterocycles. The van der Waals surface area contributed by atoms with Gasteiger partial charge in [0.05, 0.1) is 19.1 Å². The van der Waals surface area contributed by atoms with Gasteiger partial charge in [-0.3, -0.25) is 19.2 Å². The number of carbonyl (C=O) groups is 5. The fraction of sp³-hybridized carbons (Fsp3) is 0.381. The summed E-state index contributed by atoms with van der Waals surface area (Å²) in [5.41, 5.74) is 12.6. The van der Waals surface area contributed by atoms with Crippen LogP contribution in [0, 0.1) is 0 Å². The van der Waals surface area contributed by atoms with E-state index < -0.39 is 66.8 Å². The number of benzene rings is 1. The fourth-order valence-corrected chi connectivity index (χ4v) is 3.18. The van der Waals surface area contributed by atoms with E-state index in [0.29, 0.717) is 0 Å². The van der Waals surface area contributed by atoms with Crippen molar-refractivity contribution in [3.63, 3.8) is 0 Å². The molecular formula is C21H28N6O7. The first-order valence-corrected chi connectivity index (χ1v) is 10.4. The number of aliphatic hydroxyl groups excluding tert-OH is 1. The number of rotatable bonds is 12. The zero-order valence-corrected chi connectivity index (χ0v) is 18.4. The zero-order chi connectivity index (χ0) is 25.4. The number of aliphatic carboxylic acids is 1. The number of aliphatic hydroxyl groups is 1. The van der Waals surface area contributed by atoms with Gasteiger partial charge in [0, 0.05) is 17.1 Å². The van der Waals surface area contributed by atoms with Gasteiger partial charge in [0.1, 0.15) is 18.1 Å². The van der Waals surface area contributed by atoms with Crippen LogP contribution < -0.4 is 27.4 Å². The second-order valence-corrected chi connectivity index (χ2v) is 7.71. The first-order valence-electron chi connectivity index (χ1n) is 10.4. The molecule has 34 heavy (non-hydrogen) atoms. The normalized spacial score (nSPS) is 14.4. The summed E-state index contributed by atoms with van der Waals surface area (Å²) < 4.78 is 0. The molecule has 0 radical (unpaired) electrons. The number of hydrogen-bond acceptors (Lipinski definition) is 7. The summed E-state index contributed by atoms with van der Waals surface area (Å²) in [7, 11) is 0. The minimum absolute atomic E-state index is 0.171. The summed E-state index contributed by atoms with van der Waals surface area (Å²) in [6.07, 6.45) is 1.27. The highest BCUT2D eigenvalue weighted by atomic mass is 16.4. The second-order valence-electron chi connectivity index (χ2n) is 7.71. The lowest BCUT2D eigenvalue weighted by Crippen LogP contribution is -2.57. The largest absolute Gasteiger partial charge is 0.480 e. The van der Waals surface area contributed by atoms with Crippen molar-refractivity contribution < 1.29 is 34.2 Å². The van der Waals surface area contributed by atoms with Gasteiger partial charge in [-0.1, -0.05) is 18.2 Å². The molecule has 13 nitrogen and oxygen atoms in total. The molecule has 4 amide bonds. The van der Waals surface area contributed by atoms with E-state index >= 15 is 0 Å². The lowest BCUT2D eigenvalue weighted by atomic mass is 10.0. The number of nitrogens with two attached hydrogens (primary N) is 2. The number of aromatic nitrogens is 1. The van der Waals surface area contributed by atoms with Gasteiger partial charge >= 0.3 is 5.97 Å². The molecule has 0 spiro atoms. The number of carbonyl (C=O) groups excluding carboxylic acids is 4. The number of aromatic amines is 1. The van der Waals surface area contributed by atoms with E-state index in [9.17, 15) is 29.1 Å². The maximum Gasteiger partial charge on any atom is 0.326 e. The number of para-hydroxylation sites is 1. The molecule has 184 valence electrons. The SMILES string of the molecule is CC(NC(=O)C(CO)NC(=O)C(N)Cc1c[nH]c2ccccc12)C(=O)NC(CC(N)=O)C(=O)O. The Morgan fingerprint density at radius 3 is 2.26 bits per heavy atom. The third kappa shape index (κ3) is 7.02. The predicted octanol–water partition coefficient (Wildman–Crippen LogP) is -2.54. The standard InChI is InChI=1S/C21H28N6O7/c1-10(18(30)26-15(21(33)34)7-17(23)29)25-20(32)16(9-28)27-19(31)13(22)6-11-8-24-14-5-3-2-4-12(11)14/h2-5,8,10,13,15-16,24,28H,6-7,9,22H2,1H3,(H2,23,29)(H,25,32)(H,26,30)(H,27,31)(H,33,34). The van der Waals surface area contributed by atoms with Crippen molar-refractivity contribution in [2.24, 2.45) is 11.5 Å². The number of nitrogens with one attached hydrogen (secondary N) is 4. The Balaban J connectivity index is 1.93. The number of H-pyrrole nitrogens is 1. The molecule has 0 saturated carbocycles. The Morgan fingerprint density at radius 2 is 1.65 bits per heavy atom. The van der Waals surface area contributed by atoms with E-state index in [4.69, 9.17) is 16.6 Å². The third-order valence-corrected chi connectivity index (χ3v) is 5.04. The minimum Gasteiger partial charge on any atom is -0.480 e. The maximum absolute atomic E-state index is 12.5. The number of primary amides is 1. The predicted molar refractivity (Wildman–Crippen MR) is 120 cm³/mol. The Kier molecular flexibility index (Phi) is 9.10. The summed E-state index contributed by atoms with van der Waals surface area (Å²) in [5.74, 6) is -4.89. The Bertz CT molecular complexity index is 1070. The van der Waals surface area contributed by atoms with Crippen LogP contribution in [-0.2, 0) is 30.4 Å². The molecule has 2 aromatic rings. The second kappa shape index (κ2) is 11.8. The molecule has 4 unspecified atom stereocenters. The van der Waals surface area contributed by atoms with Crippen LogP contribution in [-0.4, -0.2) is 75.6 Å². The molecule has 0 aliphatic heterocycles. The van der Waals surface area contributed by atoms with Crippen LogP contribution in [0.25, 0.3) is 10.9 Å². The van der Waals surface area contributed by atoms with Crippen LogP contribution in [0.4, 0.5) is 0 Å². The van der Waals surface area contributed by atoms with E-state index in [1.54, 1.807) is 6.20 Å². The zero-order valence-electron chi connectivity index (χ0n) is 18.4. The van der Waals surface area contributed by atoms with Crippen LogP contribution in [0.1, 0.15) is 18.9 Å². The molecule has 4 atom stereocenters. The quantitative estimate of drug-likeness (QED) is 0.162. The van der Waals surface area contributed by atoms with E-state index in [1.807, 2.05) is 24.3 Å². The van der Waals surface area contributed by atoms with Gasteiger partial charge in [-0.15, -0.1) is 0 Å². The number of carboxylic acid groups (broad SMARTS) is 1. The molecule has 1 aromatic carbocycles. The molecule has 13 heteroatoms. The van der Waals surface area contributed by atoms with Crippen LogP contribution >= 0.6 is 0 Å². The van der Waals surface area contributed by atoms with Crippen molar-refractivity contribution in [1.29, 1.82) is 0 Å². The molecule has 0 saturated heterocycles. The number of amides is 4. The molecule has 2 rings (SSSR count). The van der Waals surface area contributed by atoms with Crippen molar-refractivity contribution in [2.75, 3.05) is 6.61 Å². The van der Waals surface area contributed by atoms with Gasteiger partial charge in [-0.05, 0) is 25.0 Å². The van der Waals surface area contributed by atoms with Crippen molar-refractivity contribution >= 4 is 40.5 Å². The van der Waals surface area contributed by atoms with Gasteiger partial charge in [0.25, 0.3) is 0 Å². The number of fused-ring (bicyclic) bond motifs is 1. The Hall–Kier alpha value is -3.97. The summed E-state index contributed by atoms with van der Waals surface area (Å²) in [4.78, 5) is 62.3. The highest BCUT2D eigenvalue weighted by Crippen LogP contribution is 2.18. The lowest BCUT2D eigenvalue weighted by molar-refractivity contribution is -0.143. The van der Waals surface area contributed by atoms with Gasteiger partial charge in [-0.2, -0.15) is 0 Å². The average molecular weight is 476 g/mol. The van der Waals surface area contributed by atoms with E-state index in [0.717, 1.165) is 16.5 Å². The summed E-state index contributed by atoms with van der Waals surface area (Å²) in [6.45, 7) is 0.487. The van der Waals surface area contributed by atoms with E-state index in [2.05, 4.69) is 20.9 Å². The fourth-order valence-electron chi connectivity index (χ4n) is 3.18. The van der Waals surface area contributed by atoms with Crippen LogP contribution in [0.15, 0.2) is 30.5 Å². The molecule has 0 fully saturated rings. The highest BCUT2D eigenvalue weighted by molar-refractivity contribution is 5.95. The third-order valence-electron chi connectivity index (χ3n) is 5.04. The molecule has 0 bridgehead atoms. The van der Waals surface area contributed by atoms with E-state index in [1.165, 1.54) is 6.92 Å². The molecule has 0 aliphatic rings.